The minimum absolute atomic E-state index is 0.0986. The first-order chi connectivity index (χ1) is 14.0. The molecule has 2 aliphatic rings. The van der Waals surface area contributed by atoms with Gasteiger partial charge in [-0.2, -0.15) is 0 Å². The molecule has 2 atom stereocenters. The summed E-state index contributed by atoms with van der Waals surface area (Å²) < 4.78 is 25.5. The van der Waals surface area contributed by atoms with Crippen molar-refractivity contribution in [1.82, 2.24) is 9.97 Å². The van der Waals surface area contributed by atoms with E-state index in [4.69, 9.17) is 15.2 Å². The Morgan fingerprint density at radius 2 is 2.28 bits per heavy atom. The SMILES string of the molecule is COc1cnc(C(=O)Nc2ccc(F)c([C@@]34COCCC3CSC(N)=N4)c2)cn1. The van der Waals surface area contributed by atoms with Crippen molar-refractivity contribution < 1.29 is 18.7 Å². The number of fused-ring (bicyclic) bond motifs is 1. The van der Waals surface area contributed by atoms with Gasteiger partial charge in [0, 0.05) is 29.5 Å². The van der Waals surface area contributed by atoms with Gasteiger partial charge in [0.2, 0.25) is 5.88 Å². The third-order valence-corrected chi connectivity index (χ3v) is 6.07. The molecule has 0 bridgehead atoms. The van der Waals surface area contributed by atoms with Gasteiger partial charge in [-0.15, -0.1) is 0 Å². The number of halogens is 1. The molecule has 4 rings (SSSR count). The van der Waals surface area contributed by atoms with Crippen LogP contribution in [0.5, 0.6) is 5.88 Å². The summed E-state index contributed by atoms with van der Waals surface area (Å²) in [5, 5.41) is 3.14. The van der Waals surface area contributed by atoms with E-state index in [2.05, 4.69) is 20.3 Å². The minimum Gasteiger partial charge on any atom is -0.480 e. The second-order valence-corrected chi connectivity index (χ2v) is 7.86. The van der Waals surface area contributed by atoms with Crippen molar-refractivity contribution in [2.24, 2.45) is 16.6 Å². The number of amides is 1. The third kappa shape index (κ3) is 3.77. The zero-order valence-corrected chi connectivity index (χ0v) is 16.5. The fraction of sp³-hybridized carbons (Fsp3) is 0.368. The monoisotopic (exact) mass is 417 g/mol. The average molecular weight is 417 g/mol. The number of anilines is 1. The summed E-state index contributed by atoms with van der Waals surface area (Å²) in [7, 11) is 1.46. The first-order valence-corrected chi connectivity index (χ1v) is 10.0. The predicted molar refractivity (Wildman–Crippen MR) is 108 cm³/mol. The van der Waals surface area contributed by atoms with E-state index >= 15 is 0 Å². The number of aromatic nitrogens is 2. The summed E-state index contributed by atoms with van der Waals surface area (Å²) in [5.41, 5.74) is 5.99. The van der Waals surface area contributed by atoms with E-state index in [0.29, 0.717) is 28.9 Å². The number of aliphatic imine (C=N–C) groups is 1. The van der Waals surface area contributed by atoms with Crippen molar-refractivity contribution in [3.05, 3.63) is 47.7 Å². The number of hydrogen-bond acceptors (Lipinski definition) is 8. The van der Waals surface area contributed by atoms with Crippen molar-refractivity contribution in [2.45, 2.75) is 12.0 Å². The molecule has 29 heavy (non-hydrogen) atoms. The topological polar surface area (TPSA) is 112 Å². The number of nitrogens with two attached hydrogens (primary N) is 1. The molecule has 2 aliphatic heterocycles. The molecule has 3 N–H and O–H groups in total. The number of carbonyl (C=O) groups is 1. The van der Waals surface area contributed by atoms with Crippen molar-refractivity contribution in [3.8, 4) is 5.88 Å². The highest BCUT2D eigenvalue weighted by Gasteiger charge is 2.47. The molecule has 3 heterocycles. The Morgan fingerprint density at radius 3 is 3.03 bits per heavy atom. The summed E-state index contributed by atoms with van der Waals surface area (Å²) >= 11 is 1.47. The lowest BCUT2D eigenvalue weighted by atomic mass is 9.76. The number of hydrogen-bond donors (Lipinski definition) is 2. The number of nitrogens with one attached hydrogen (secondary N) is 1. The maximum atomic E-state index is 14.9. The van der Waals surface area contributed by atoms with Crippen LogP contribution in [0.15, 0.2) is 35.6 Å². The summed E-state index contributed by atoms with van der Waals surface area (Å²) in [6, 6.07) is 4.41. The van der Waals surface area contributed by atoms with E-state index in [-0.39, 0.29) is 18.2 Å². The van der Waals surface area contributed by atoms with Crippen LogP contribution in [0, 0.1) is 11.7 Å². The van der Waals surface area contributed by atoms with Crippen LogP contribution in [0.25, 0.3) is 0 Å². The molecule has 0 spiro atoms. The highest BCUT2D eigenvalue weighted by atomic mass is 32.2. The summed E-state index contributed by atoms with van der Waals surface area (Å²) in [6.45, 7) is 0.855. The maximum Gasteiger partial charge on any atom is 0.275 e. The van der Waals surface area contributed by atoms with Gasteiger partial charge in [0.15, 0.2) is 5.17 Å². The molecule has 2 aromatic rings. The molecule has 152 valence electrons. The van der Waals surface area contributed by atoms with Gasteiger partial charge < -0.3 is 20.5 Å². The third-order valence-electron chi connectivity index (χ3n) is 5.11. The molecular weight excluding hydrogens is 397 g/mol. The van der Waals surface area contributed by atoms with Gasteiger partial charge in [-0.3, -0.25) is 4.79 Å². The lowest BCUT2D eigenvalue weighted by molar-refractivity contribution is 0.00304. The van der Waals surface area contributed by atoms with Gasteiger partial charge in [0.1, 0.15) is 17.1 Å². The van der Waals surface area contributed by atoms with Crippen LogP contribution in [0.4, 0.5) is 10.1 Å². The molecule has 0 aliphatic carbocycles. The molecule has 0 radical (unpaired) electrons. The molecule has 1 aromatic carbocycles. The van der Waals surface area contributed by atoms with Gasteiger partial charge in [-0.05, 0) is 24.6 Å². The Labute approximate surface area is 171 Å². The van der Waals surface area contributed by atoms with Crippen molar-refractivity contribution in [3.63, 3.8) is 0 Å². The van der Waals surface area contributed by atoms with Gasteiger partial charge in [0.05, 0.1) is 26.1 Å². The van der Waals surface area contributed by atoms with Crippen LogP contribution in [0.3, 0.4) is 0 Å². The second-order valence-electron chi connectivity index (χ2n) is 6.82. The smallest absolute Gasteiger partial charge is 0.275 e. The number of ether oxygens (including phenoxy) is 2. The van der Waals surface area contributed by atoms with Crippen LogP contribution in [-0.2, 0) is 10.3 Å². The van der Waals surface area contributed by atoms with Gasteiger partial charge in [0.25, 0.3) is 5.91 Å². The molecule has 1 amide bonds. The van der Waals surface area contributed by atoms with Gasteiger partial charge in [-0.1, -0.05) is 11.8 Å². The molecule has 10 heteroatoms. The standard InChI is InChI=1S/C19H20FN5O3S/c1-27-16-8-22-15(7-23-16)17(26)24-12-2-3-14(20)13(6-12)19-10-28-5-4-11(19)9-29-18(21)25-19/h2-3,6-8,11H,4-5,9-10H2,1H3,(H2,21,25)(H,24,26)/t11?,19-/m1/s1. The Balaban J connectivity index is 1.65. The first kappa shape index (κ1) is 19.6. The number of nitrogens with zero attached hydrogens (tertiary/aromatic N) is 3. The molecule has 8 nitrogen and oxygen atoms in total. The van der Waals surface area contributed by atoms with Gasteiger partial charge >= 0.3 is 0 Å². The maximum absolute atomic E-state index is 14.9. The Hall–Kier alpha value is -2.72. The molecule has 0 saturated carbocycles. The lowest BCUT2D eigenvalue weighted by Crippen LogP contribution is -2.48. The fourth-order valence-corrected chi connectivity index (χ4v) is 4.64. The number of carbonyl (C=O) groups excluding carboxylic acids is 1. The van der Waals surface area contributed by atoms with Crippen LogP contribution < -0.4 is 15.8 Å². The Morgan fingerprint density at radius 1 is 1.41 bits per heavy atom. The largest absolute Gasteiger partial charge is 0.480 e. The normalized spacial score (nSPS) is 23.7. The first-order valence-electron chi connectivity index (χ1n) is 9.05. The number of rotatable bonds is 4. The van der Waals surface area contributed by atoms with Crippen LogP contribution in [-0.4, -0.2) is 47.1 Å². The van der Waals surface area contributed by atoms with E-state index in [9.17, 15) is 9.18 Å². The molecule has 1 saturated heterocycles. The van der Waals surface area contributed by atoms with Crippen molar-refractivity contribution >= 4 is 28.5 Å². The quantitative estimate of drug-likeness (QED) is 0.784. The summed E-state index contributed by atoms with van der Waals surface area (Å²) in [4.78, 5) is 25.1. The van der Waals surface area contributed by atoms with E-state index in [1.165, 1.54) is 43.4 Å². The molecule has 1 fully saturated rings. The van der Waals surface area contributed by atoms with Gasteiger partial charge in [-0.25, -0.2) is 19.4 Å². The van der Waals surface area contributed by atoms with E-state index in [1.54, 1.807) is 6.07 Å². The highest BCUT2D eigenvalue weighted by molar-refractivity contribution is 8.13. The zero-order chi connectivity index (χ0) is 20.4. The minimum atomic E-state index is -0.891. The second kappa shape index (κ2) is 7.96. The highest BCUT2D eigenvalue weighted by Crippen LogP contribution is 2.45. The van der Waals surface area contributed by atoms with Crippen LogP contribution in [0.2, 0.25) is 0 Å². The lowest BCUT2D eigenvalue weighted by Gasteiger charge is -2.43. The van der Waals surface area contributed by atoms with E-state index in [1.807, 2.05) is 0 Å². The number of amidine groups is 1. The Kier molecular flexibility index (Phi) is 5.37. The van der Waals surface area contributed by atoms with Crippen molar-refractivity contribution in [2.75, 3.05) is 31.4 Å². The zero-order valence-electron chi connectivity index (χ0n) is 15.7. The summed E-state index contributed by atoms with van der Waals surface area (Å²) in [6.07, 6.45) is 3.43. The average Bonchev–Trinajstić information content (AvgIpc) is 2.74. The number of benzene rings is 1. The van der Waals surface area contributed by atoms with Crippen LogP contribution >= 0.6 is 11.8 Å². The number of methoxy groups -OCH3 is 1. The fourth-order valence-electron chi connectivity index (χ4n) is 3.60. The molecular formula is C19H20FN5O3S. The number of thioether (sulfide) groups is 1. The molecule has 1 aromatic heterocycles. The van der Waals surface area contributed by atoms with E-state index < -0.39 is 17.3 Å². The van der Waals surface area contributed by atoms with Crippen molar-refractivity contribution in [1.29, 1.82) is 0 Å². The van der Waals surface area contributed by atoms with E-state index in [0.717, 1.165) is 12.2 Å². The predicted octanol–water partition coefficient (Wildman–Crippen LogP) is 2.17. The van der Waals surface area contributed by atoms with Crippen LogP contribution in [0.1, 0.15) is 22.5 Å². The Bertz CT molecular complexity index is 955. The summed E-state index contributed by atoms with van der Waals surface area (Å²) in [5.74, 6) is 0.274. The molecule has 1 unspecified atom stereocenters.